The molecule has 0 saturated carbocycles. The molecule has 0 radical (unpaired) electrons. The van der Waals surface area contributed by atoms with E-state index in [0.717, 1.165) is 12.1 Å². The van der Waals surface area contributed by atoms with Gasteiger partial charge in [-0.1, -0.05) is 30.3 Å². The number of benzene rings is 2. The van der Waals surface area contributed by atoms with E-state index in [0.29, 0.717) is 23.8 Å². The lowest BCUT2D eigenvalue weighted by Gasteiger charge is -2.30. The second kappa shape index (κ2) is 6.73. The minimum Gasteiger partial charge on any atom is -0.351 e. The number of carbonyl (C=O) groups is 1. The topological polar surface area (TPSA) is 66.9 Å². The Labute approximate surface area is 146 Å². The molecule has 4 rings (SSSR count). The molecule has 25 heavy (non-hydrogen) atoms. The zero-order valence-electron chi connectivity index (χ0n) is 13.6. The zero-order chi connectivity index (χ0) is 17.1. The molecule has 1 amide bonds. The fourth-order valence-corrected chi connectivity index (χ4v) is 3.11. The van der Waals surface area contributed by atoms with E-state index >= 15 is 0 Å². The van der Waals surface area contributed by atoms with Crippen LogP contribution in [0, 0.1) is 0 Å². The fraction of sp³-hybridized carbons (Fsp3) is 0.150. The highest BCUT2D eigenvalue weighted by Gasteiger charge is 2.25. The summed E-state index contributed by atoms with van der Waals surface area (Å²) < 4.78 is 0. The van der Waals surface area contributed by atoms with Crippen LogP contribution in [0.3, 0.4) is 0 Å². The lowest BCUT2D eigenvalue weighted by Crippen LogP contribution is -2.33. The van der Waals surface area contributed by atoms with Gasteiger partial charge in [-0.25, -0.2) is 4.98 Å². The quantitative estimate of drug-likeness (QED) is 0.753. The molecule has 0 saturated heterocycles. The molecule has 1 heterocycles. The number of carbonyl (C=O) groups excluding carboxylic acids is 1. The Morgan fingerprint density at radius 2 is 2.04 bits per heavy atom. The SMILES string of the molecule is O=C(NC[C@@H]1Cc2ccccc21)c1cccc(Nc2cnccn2)c1. The lowest BCUT2D eigenvalue weighted by molar-refractivity contribution is 0.0950. The third-order valence-electron chi connectivity index (χ3n) is 4.43. The van der Waals surface area contributed by atoms with Crippen molar-refractivity contribution >= 4 is 17.4 Å². The van der Waals surface area contributed by atoms with Gasteiger partial charge in [0.1, 0.15) is 5.82 Å². The summed E-state index contributed by atoms with van der Waals surface area (Å²) in [6.07, 6.45) is 5.91. The highest BCUT2D eigenvalue weighted by molar-refractivity contribution is 5.95. The number of amides is 1. The van der Waals surface area contributed by atoms with Crippen molar-refractivity contribution in [3.05, 3.63) is 83.8 Å². The number of aromatic nitrogens is 2. The first kappa shape index (κ1) is 15.3. The first-order chi connectivity index (χ1) is 12.3. The molecule has 1 aliphatic carbocycles. The van der Waals surface area contributed by atoms with Gasteiger partial charge >= 0.3 is 0 Å². The molecule has 2 N–H and O–H groups in total. The van der Waals surface area contributed by atoms with E-state index in [1.807, 2.05) is 24.3 Å². The van der Waals surface area contributed by atoms with Crippen molar-refractivity contribution < 1.29 is 4.79 Å². The summed E-state index contributed by atoms with van der Waals surface area (Å²) in [5, 5.41) is 6.18. The Morgan fingerprint density at radius 3 is 2.88 bits per heavy atom. The van der Waals surface area contributed by atoms with Crippen LogP contribution in [0.2, 0.25) is 0 Å². The molecule has 3 aromatic rings. The molecule has 1 aromatic heterocycles. The highest BCUT2D eigenvalue weighted by Crippen LogP contribution is 2.34. The molecule has 5 heteroatoms. The van der Waals surface area contributed by atoms with Crippen LogP contribution in [0.25, 0.3) is 0 Å². The van der Waals surface area contributed by atoms with Gasteiger partial charge in [0.05, 0.1) is 6.20 Å². The van der Waals surface area contributed by atoms with Crippen LogP contribution in [-0.4, -0.2) is 22.4 Å². The number of nitrogens with one attached hydrogen (secondary N) is 2. The summed E-state index contributed by atoms with van der Waals surface area (Å²) in [6, 6.07) is 15.8. The largest absolute Gasteiger partial charge is 0.351 e. The molecule has 1 aliphatic rings. The van der Waals surface area contributed by atoms with E-state index in [4.69, 9.17) is 0 Å². The van der Waals surface area contributed by atoms with Crippen molar-refractivity contribution in [2.45, 2.75) is 12.3 Å². The van der Waals surface area contributed by atoms with E-state index in [1.54, 1.807) is 18.6 Å². The lowest BCUT2D eigenvalue weighted by atomic mass is 9.77. The van der Waals surface area contributed by atoms with Gasteiger partial charge in [0, 0.05) is 36.1 Å². The third kappa shape index (κ3) is 3.35. The maximum atomic E-state index is 12.4. The monoisotopic (exact) mass is 330 g/mol. The average Bonchev–Trinajstić information content (AvgIpc) is 2.63. The Bertz CT molecular complexity index is 895. The first-order valence-electron chi connectivity index (χ1n) is 8.29. The number of hydrogen-bond donors (Lipinski definition) is 2. The van der Waals surface area contributed by atoms with Gasteiger partial charge in [0.15, 0.2) is 0 Å². The van der Waals surface area contributed by atoms with Crippen molar-refractivity contribution in [3.8, 4) is 0 Å². The predicted octanol–water partition coefficient (Wildman–Crippen LogP) is 3.29. The molecular formula is C20H18N4O. The van der Waals surface area contributed by atoms with Crippen molar-refractivity contribution in [2.24, 2.45) is 0 Å². The van der Waals surface area contributed by atoms with Gasteiger partial charge in [0.2, 0.25) is 0 Å². The van der Waals surface area contributed by atoms with E-state index in [2.05, 4.69) is 44.9 Å². The standard InChI is InChI=1S/C20H18N4O/c25-20(23-12-16-10-14-4-1-2-7-18(14)16)15-5-3-6-17(11-15)24-19-13-21-8-9-22-19/h1-9,11,13,16H,10,12H2,(H,22,24)(H,23,25)/t16-/m0/s1. The minimum atomic E-state index is -0.0628. The van der Waals surface area contributed by atoms with E-state index < -0.39 is 0 Å². The normalized spacial score (nSPS) is 15.0. The summed E-state index contributed by atoms with van der Waals surface area (Å²) in [7, 11) is 0. The van der Waals surface area contributed by atoms with Crippen molar-refractivity contribution in [1.82, 2.24) is 15.3 Å². The van der Waals surface area contributed by atoms with Gasteiger partial charge in [-0.3, -0.25) is 9.78 Å². The zero-order valence-corrected chi connectivity index (χ0v) is 13.6. The third-order valence-corrected chi connectivity index (χ3v) is 4.43. The number of hydrogen-bond acceptors (Lipinski definition) is 4. The number of nitrogens with zero attached hydrogens (tertiary/aromatic N) is 2. The number of anilines is 2. The average molecular weight is 330 g/mol. The van der Waals surface area contributed by atoms with Crippen LogP contribution in [0.15, 0.2) is 67.1 Å². The van der Waals surface area contributed by atoms with Crippen LogP contribution < -0.4 is 10.6 Å². The smallest absolute Gasteiger partial charge is 0.251 e. The van der Waals surface area contributed by atoms with Gasteiger partial charge in [-0.15, -0.1) is 0 Å². The predicted molar refractivity (Wildman–Crippen MR) is 97.0 cm³/mol. The molecule has 0 aliphatic heterocycles. The highest BCUT2D eigenvalue weighted by atomic mass is 16.1. The van der Waals surface area contributed by atoms with Crippen LogP contribution in [0.4, 0.5) is 11.5 Å². The molecular weight excluding hydrogens is 312 g/mol. The van der Waals surface area contributed by atoms with Crippen LogP contribution >= 0.6 is 0 Å². The second-order valence-electron chi connectivity index (χ2n) is 6.11. The minimum absolute atomic E-state index is 0.0628. The number of rotatable bonds is 5. The summed E-state index contributed by atoms with van der Waals surface area (Å²) in [6.45, 7) is 0.664. The van der Waals surface area contributed by atoms with Gasteiger partial charge < -0.3 is 10.6 Å². The van der Waals surface area contributed by atoms with E-state index in [1.165, 1.54) is 11.1 Å². The Kier molecular flexibility index (Phi) is 4.12. The van der Waals surface area contributed by atoms with Crippen molar-refractivity contribution in [3.63, 3.8) is 0 Å². The van der Waals surface area contributed by atoms with Crippen molar-refractivity contribution in [2.75, 3.05) is 11.9 Å². The molecule has 0 unspecified atom stereocenters. The Morgan fingerprint density at radius 1 is 1.12 bits per heavy atom. The second-order valence-corrected chi connectivity index (χ2v) is 6.11. The van der Waals surface area contributed by atoms with Gasteiger partial charge in [0.25, 0.3) is 5.91 Å². The van der Waals surface area contributed by atoms with Gasteiger partial charge in [-0.05, 0) is 35.7 Å². The first-order valence-corrected chi connectivity index (χ1v) is 8.29. The van der Waals surface area contributed by atoms with Gasteiger partial charge in [-0.2, -0.15) is 0 Å². The molecule has 0 bridgehead atoms. The molecule has 124 valence electrons. The Hall–Kier alpha value is -3.21. The summed E-state index contributed by atoms with van der Waals surface area (Å²) >= 11 is 0. The van der Waals surface area contributed by atoms with E-state index in [9.17, 15) is 4.79 Å². The Balaban J connectivity index is 1.38. The molecule has 1 atom stereocenters. The maximum absolute atomic E-state index is 12.4. The van der Waals surface area contributed by atoms with Crippen LogP contribution in [0.5, 0.6) is 0 Å². The maximum Gasteiger partial charge on any atom is 0.251 e. The molecule has 2 aromatic carbocycles. The molecule has 5 nitrogen and oxygen atoms in total. The number of fused-ring (bicyclic) bond motifs is 1. The van der Waals surface area contributed by atoms with Crippen LogP contribution in [0.1, 0.15) is 27.4 Å². The summed E-state index contributed by atoms with van der Waals surface area (Å²) in [4.78, 5) is 20.6. The molecule has 0 fully saturated rings. The van der Waals surface area contributed by atoms with Crippen LogP contribution in [-0.2, 0) is 6.42 Å². The van der Waals surface area contributed by atoms with E-state index in [-0.39, 0.29) is 5.91 Å². The summed E-state index contributed by atoms with van der Waals surface area (Å²) in [5.74, 6) is 0.999. The fourth-order valence-electron chi connectivity index (χ4n) is 3.11. The summed E-state index contributed by atoms with van der Waals surface area (Å²) in [5.41, 5.74) is 4.17. The van der Waals surface area contributed by atoms with Crippen molar-refractivity contribution in [1.29, 1.82) is 0 Å². The molecule has 0 spiro atoms.